The summed E-state index contributed by atoms with van der Waals surface area (Å²) in [6, 6.07) is 1.08. The summed E-state index contributed by atoms with van der Waals surface area (Å²) in [5.41, 5.74) is -0.710. The normalized spacial score (nSPS) is 15.1. The highest BCUT2D eigenvalue weighted by Gasteiger charge is 2.37. The number of carboxylic acids is 1. The molecule has 1 unspecified atom stereocenters. The zero-order valence-corrected chi connectivity index (χ0v) is 10.7. The fourth-order valence-electron chi connectivity index (χ4n) is 1.85. The number of nitro groups is 1. The number of halogens is 1. The molecule has 0 radical (unpaired) electrons. The number of nitrogens with one attached hydrogen (secondary N) is 2. The average molecular weight is 297 g/mol. The maximum absolute atomic E-state index is 13.4. The van der Waals surface area contributed by atoms with Crippen LogP contribution in [-0.2, 0) is 4.79 Å². The first-order valence-corrected chi connectivity index (χ1v) is 6.12. The van der Waals surface area contributed by atoms with Crippen molar-refractivity contribution in [2.24, 2.45) is 5.92 Å². The third-order valence-corrected chi connectivity index (χ3v) is 3.05. The lowest BCUT2D eigenvalue weighted by atomic mass is 10.2. The monoisotopic (exact) mass is 297 g/mol. The van der Waals surface area contributed by atoms with Crippen LogP contribution in [0.25, 0.3) is 0 Å². The van der Waals surface area contributed by atoms with Crippen molar-refractivity contribution in [3.63, 3.8) is 0 Å². The van der Waals surface area contributed by atoms with Crippen LogP contribution in [0, 0.1) is 21.8 Å². The molecule has 2 rings (SSSR count). The molecule has 0 spiro atoms. The van der Waals surface area contributed by atoms with Gasteiger partial charge in [0.1, 0.15) is 6.04 Å². The molecule has 1 saturated carbocycles. The summed E-state index contributed by atoms with van der Waals surface area (Å²) in [4.78, 5) is 32.2. The number of hydrogen-bond acceptors (Lipinski definition) is 4. The molecule has 0 bridgehead atoms. The van der Waals surface area contributed by atoms with Crippen molar-refractivity contribution in [1.82, 2.24) is 5.32 Å². The number of aliphatic carboxylic acids is 1. The highest BCUT2D eigenvalue weighted by atomic mass is 19.1. The zero-order valence-electron chi connectivity index (χ0n) is 10.7. The van der Waals surface area contributed by atoms with Crippen LogP contribution < -0.4 is 10.6 Å². The second-order valence-corrected chi connectivity index (χ2v) is 4.68. The van der Waals surface area contributed by atoms with Crippen molar-refractivity contribution in [3.05, 3.63) is 34.1 Å². The number of hydrogen-bond donors (Lipinski definition) is 3. The molecule has 3 N–H and O–H groups in total. The third-order valence-electron chi connectivity index (χ3n) is 3.05. The number of nitro benzene ring substituents is 1. The Hall–Kier alpha value is -2.71. The molecular weight excluding hydrogens is 285 g/mol. The number of rotatable bonds is 5. The number of anilines is 1. The molecule has 8 nitrogen and oxygen atoms in total. The van der Waals surface area contributed by atoms with Crippen LogP contribution in [0.5, 0.6) is 0 Å². The fraction of sp³-hybridized carbons (Fsp3) is 0.333. The average Bonchev–Trinajstić information content (AvgIpc) is 3.19. The first kappa shape index (κ1) is 14.7. The highest BCUT2D eigenvalue weighted by molar-refractivity contribution is 5.92. The van der Waals surface area contributed by atoms with Crippen LogP contribution in [-0.4, -0.2) is 28.1 Å². The Morgan fingerprint density at radius 3 is 2.57 bits per heavy atom. The van der Waals surface area contributed by atoms with Crippen LogP contribution in [0.4, 0.5) is 20.6 Å². The Morgan fingerprint density at radius 1 is 1.43 bits per heavy atom. The van der Waals surface area contributed by atoms with E-state index < -0.39 is 34.5 Å². The van der Waals surface area contributed by atoms with Crippen LogP contribution in [0.3, 0.4) is 0 Å². The van der Waals surface area contributed by atoms with Gasteiger partial charge in [0.15, 0.2) is 0 Å². The van der Waals surface area contributed by atoms with Gasteiger partial charge in [0.2, 0.25) is 5.82 Å². The lowest BCUT2D eigenvalue weighted by Crippen LogP contribution is -2.44. The van der Waals surface area contributed by atoms with E-state index in [1.54, 1.807) is 0 Å². The van der Waals surface area contributed by atoms with Crippen molar-refractivity contribution in [2.45, 2.75) is 18.9 Å². The summed E-state index contributed by atoms with van der Waals surface area (Å²) in [7, 11) is 0. The predicted octanol–water partition coefficient (Wildman–Crippen LogP) is 1.72. The number of nitrogens with zero attached hydrogens (tertiary/aromatic N) is 1. The molecule has 0 heterocycles. The van der Waals surface area contributed by atoms with E-state index in [0.29, 0.717) is 0 Å². The second kappa shape index (κ2) is 5.73. The minimum atomic E-state index is -1.14. The molecule has 1 aromatic carbocycles. The highest BCUT2D eigenvalue weighted by Crippen LogP contribution is 2.32. The molecule has 112 valence electrons. The van der Waals surface area contributed by atoms with E-state index in [-0.39, 0.29) is 11.6 Å². The lowest BCUT2D eigenvalue weighted by Gasteiger charge is -2.14. The SMILES string of the molecule is O=C(Nc1ccc([N+](=O)[O-])c(F)c1)NC(C(=O)O)C1CC1. The van der Waals surface area contributed by atoms with Crippen molar-refractivity contribution in [1.29, 1.82) is 0 Å². The first-order chi connectivity index (χ1) is 9.88. The molecule has 21 heavy (non-hydrogen) atoms. The van der Waals surface area contributed by atoms with Gasteiger partial charge in [0.05, 0.1) is 4.92 Å². The smallest absolute Gasteiger partial charge is 0.326 e. The van der Waals surface area contributed by atoms with Crippen molar-refractivity contribution >= 4 is 23.4 Å². The Bertz CT molecular complexity index is 603. The van der Waals surface area contributed by atoms with Crippen molar-refractivity contribution < 1.29 is 24.0 Å². The Labute approximate surface area is 118 Å². The molecule has 1 fully saturated rings. The molecule has 0 aromatic heterocycles. The maximum Gasteiger partial charge on any atom is 0.326 e. The third kappa shape index (κ3) is 3.65. The largest absolute Gasteiger partial charge is 0.480 e. The van der Waals surface area contributed by atoms with Gasteiger partial charge in [-0.25, -0.2) is 9.59 Å². The van der Waals surface area contributed by atoms with Crippen LogP contribution in [0.15, 0.2) is 18.2 Å². The van der Waals surface area contributed by atoms with E-state index in [1.165, 1.54) is 0 Å². The molecule has 0 saturated heterocycles. The van der Waals surface area contributed by atoms with Gasteiger partial charge in [-0.1, -0.05) is 0 Å². The van der Waals surface area contributed by atoms with E-state index >= 15 is 0 Å². The zero-order chi connectivity index (χ0) is 15.6. The van der Waals surface area contributed by atoms with Gasteiger partial charge in [-0.2, -0.15) is 4.39 Å². The van der Waals surface area contributed by atoms with Gasteiger partial charge in [0, 0.05) is 17.8 Å². The lowest BCUT2D eigenvalue weighted by molar-refractivity contribution is -0.387. The van der Waals surface area contributed by atoms with E-state index in [9.17, 15) is 24.1 Å². The van der Waals surface area contributed by atoms with Crippen molar-refractivity contribution in [2.75, 3.05) is 5.32 Å². The van der Waals surface area contributed by atoms with Crippen LogP contribution >= 0.6 is 0 Å². The standard InChI is InChI=1S/C12H12FN3O5/c13-8-5-7(3-4-9(8)16(20)21)14-12(19)15-10(11(17)18)6-1-2-6/h3-6,10H,1-2H2,(H,17,18)(H2,14,15,19). The Balaban J connectivity index is 2.00. The van der Waals surface area contributed by atoms with Crippen LogP contribution in [0.2, 0.25) is 0 Å². The molecule has 1 atom stereocenters. The van der Waals surface area contributed by atoms with Gasteiger partial charge in [-0.05, 0) is 24.8 Å². The number of carbonyl (C=O) groups is 2. The summed E-state index contributed by atoms with van der Waals surface area (Å²) in [6.45, 7) is 0. The molecule has 1 aliphatic carbocycles. The number of benzene rings is 1. The molecule has 9 heteroatoms. The van der Waals surface area contributed by atoms with E-state index in [4.69, 9.17) is 5.11 Å². The van der Waals surface area contributed by atoms with Gasteiger partial charge in [0.25, 0.3) is 0 Å². The maximum atomic E-state index is 13.4. The topological polar surface area (TPSA) is 122 Å². The molecule has 1 aliphatic rings. The summed E-state index contributed by atoms with van der Waals surface area (Å²) in [6.07, 6.45) is 1.45. The van der Waals surface area contributed by atoms with Crippen molar-refractivity contribution in [3.8, 4) is 0 Å². The summed E-state index contributed by atoms with van der Waals surface area (Å²) in [5.74, 6) is -2.32. The van der Waals surface area contributed by atoms with E-state index in [2.05, 4.69) is 10.6 Å². The first-order valence-electron chi connectivity index (χ1n) is 6.12. The molecular formula is C12H12FN3O5. The summed E-state index contributed by atoms with van der Waals surface area (Å²) >= 11 is 0. The minimum absolute atomic E-state index is 0.00413. The van der Waals surface area contributed by atoms with Crippen LogP contribution in [0.1, 0.15) is 12.8 Å². The molecule has 2 amide bonds. The summed E-state index contributed by atoms with van der Waals surface area (Å²) < 4.78 is 13.4. The summed E-state index contributed by atoms with van der Waals surface area (Å²) in [5, 5.41) is 23.9. The predicted molar refractivity (Wildman–Crippen MR) is 69.4 cm³/mol. The molecule has 1 aromatic rings. The Kier molecular flexibility index (Phi) is 4.01. The number of urea groups is 1. The van der Waals surface area contributed by atoms with Gasteiger partial charge in [-0.3, -0.25) is 10.1 Å². The molecule has 0 aliphatic heterocycles. The number of carboxylic acid groups (broad SMARTS) is 1. The number of amides is 2. The quantitative estimate of drug-likeness (QED) is 0.564. The van der Waals surface area contributed by atoms with Gasteiger partial charge < -0.3 is 15.7 Å². The minimum Gasteiger partial charge on any atom is -0.480 e. The van der Waals surface area contributed by atoms with E-state index in [1.807, 2.05) is 0 Å². The fourth-order valence-corrected chi connectivity index (χ4v) is 1.85. The van der Waals surface area contributed by atoms with E-state index in [0.717, 1.165) is 31.0 Å². The Morgan fingerprint density at radius 2 is 2.10 bits per heavy atom. The second-order valence-electron chi connectivity index (χ2n) is 4.68. The number of carbonyl (C=O) groups excluding carboxylic acids is 1. The van der Waals surface area contributed by atoms with Gasteiger partial charge >= 0.3 is 17.7 Å². The van der Waals surface area contributed by atoms with Gasteiger partial charge in [-0.15, -0.1) is 0 Å².